The van der Waals surface area contributed by atoms with Crippen molar-refractivity contribution in [1.29, 1.82) is 0 Å². The van der Waals surface area contributed by atoms with Crippen LogP contribution in [0.1, 0.15) is 23.1 Å². The molecule has 3 heteroatoms. The second-order valence-corrected chi connectivity index (χ2v) is 5.70. The minimum atomic E-state index is -0.521. The summed E-state index contributed by atoms with van der Waals surface area (Å²) < 4.78 is 5.35. The topological polar surface area (TPSA) is 29.5 Å². The van der Waals surface area contributed by atoms with E-state index in [0.29, 0.717) is 0 Å². The number of para-hydroxylation sites is 1. The average molecular weight is 272 g/mol. The van der Waals surface area contributed by atoms with Gasteiger partial charge in [0.15, 0.2) is 0 Å². The van der Waals surface area contributed by atoms with Crippen molar-refractivity contribution in [2.24, 2.45) is 0 Å². The second kappa shape index (κ2) is 5.27. The van der Waals surface area contributed by atoms with Gasteiger partial charge >= 0.3 is 0 Å². The molecule has 1 N–H and O–H groups in total. The van der Waals surface area contributed by atoms with Crippen LogP contribution in [0.4, 0.5) is 0 Å². The zero-order chi connectivity index (χ0) is 13.2. The molecular formula is C16H16O2S. The third kappa shape index (κ3) is 2.24. The van der Waals surface area contributed by atoms with Crippen LogP contribution in [-0.4, -0.2) is 18.0 Å². The fourth-order valence-electron chi connectivity index (χ4n) is 2.58. The van der Waals surface area contributed by atoms with E-state index in [2.05, 4.69) is 12.1 Å². The summed E-state index contributed by atoms with van der Waals surface area (Å²) in [6.45, 7) is 0. The first-order valence-corrected chi connectivity index (χ1v) is 7.32. The number of aliphatic hydroxyl groups excluding tert-OH is 1. The summed E-state index contributed by atoms with van der Waals surface area (Å²) in [6, 6.07) is 16.0. The van der Waals surface area contributed by atoms with Gasteiger partial charge in [-0.05, 0) is 17.7 Å². The van der Waals surface area contributed by atoms with Crippen molar-refractivity contribution < 1.29 is 9.84 Å². The molecule has 0 saturated carbocycles. The number of thioether (sulfide) groups is 1. The Morgan fingerprint density at radius 3 is 2.74 bits per heavy atom. The van der Waals surface area contributed by atoms with Gasteiger partial charge in [-0.15, -0.1) is 11.8 Å². The second-order valence-electron chi connectivity index (χ2n) is 4.64. The Morgan fingerprint density at radius 1 is 1.16 bits per heavy atom. The fraction of sp³-hybridized carbons (Fsp3) is 0.250. The Morgan fingerprint density at radius 2 is 1.89 bits per heavy atom. The highest BCUT2D eigenvalue weighted by Crippen LogP contribution is 2.46. The number of aliphatic hydroxyl groups is 1. The first kappa shape index (κ1) is 12.6. The molecule has 0 bridgehead atoms. The Labute approximate surface area is 117 Å². The molecule has 3 rings (SSSR count). The largest absolute Gasteiger partial charge is 0.496 e. The van der Waals surface area contributed by atoms with E-state index >= 15 is 0 Å². The van der Waals surface area contributed by atoms with Gasteiger partial charge in [0.25, 0.3) is 0 Å². The van der Waals surface area contributed by atoms with Crippen LogP contribution in [0.2, 0.25) is 0 Å². The Balaban J connectivity index is 1.95. The Kier molecular flexibility index (Phi) is 3.49. The van der Waals surface area contributed by atoms with E-state index < -0.39 is 6.10 Å². The van der Waals surface area contributed by atoms with Gasteiger partial charge < -0.3 is 9.84 Å². The molecule has 0 saturated heterocycles. The van der Waals surface area contributed by atoms with Gasteiger partial charge in [-0.2, -0.15) is 0 Å². The minimum absolute atomic E-state index is 0.137. The number of hydrogen-bond acceptors (Lipinski definition) is 3. The summed E-state index contributed by atoms with van der Waals surface area (Å²) in [4.78, 5) is 1.28. The van der Waals surface area contributed by atoms with E-state index in [-0.39, 0.29) is 5.92 Å². The van der Waals surface area contributed by atoms with Crippen LogP contribution in [0.25, 0.3) is 0 Å². The number of hydrogen-bond donors (Lipinski definition) is 1. The van der Waals surface area contributed by atoms with E-state index in [1.807, 2.05) is 48.2 Å². The molecule has 2 nitrogen and oxygen atoms in total. The van der Waals surface area contributed by atoms with E-state index in [1.165, 1.54) is 10.5 Å². The maximum Gasteiger partial charge on any atom is 0.124 e. The molecule has 0 spiro atoms. The molecule has 0 amide bonds. The number of fused-ring (bicyclic) bond motifs is 1. The number of benzene rings is 2. The van der Waals surface area contributed by atoms with Crippen LogP contribution < -0.4 is 4.74 Å². The molecule has 2 unspecified atom stereocenters. The van der Waals surface area contributed by atoms with Gasteiger partial charge in [0.1, 0.15) is 5.75 Å². The van der Waals surface area contributed by atoms with E-state index in [4.69, 9.17) is 4.74 Å². The van der Waals surface area contributed by atoms with Gasteiger partial charge in [0, 0.05) is 22.1 Å². The quantitative estimate of drug-likeness (QED) is 0.925. The highest BCUT2D eigenvalue weighted by molar-refractivity contribution is 7.99. The summed E-state index contributed by atoms with van der Waals surface area (Å²) in [5.74, 6) is 1.81. The lowest BCUT2D eigenvalue weighted by atomic mass is 9.90. The van der Waals surface area contributed by atoms with E-state index in [0.717, 1.165) is 17.1 Å². The van der Waals surface area contributed by atoms with Gasteiger partial charge in [0.2, 0.25) is 0 Å². The van der Waals surface area contributed by atoms with Crippen molar-refractivity contribution in [3.8, 4) is 5.75 Å². The van der Waals surface area contributed by atoms with Crippen LogP contribution in [0, 0.1) is 0 Å². The lowest BCUT2D eigenvalue weighted by molar-refractivity contribution is 0.150. The van der Waals surface area contributed by atoms with Crippen molar-refractivity contribution in [2.45, 2.75) is 16.9 Å². The van der Waals surface area contributed by atoms with Crippen molar-refractivity contribution in [3.63, 3.8) is 0 Å². The average Bonchev–Trinajstić information content (AvgIpc) is 2.90. The maximum atomic E-state index is 10.7. The third-order valence-corrected chi connectivity index (χ3v) is 4.78. The van der Waals surface area contributed by atoms with E-state index in [1.54, 1.807) is 7.11 Å². The Bertz CT molecular complexity index is 582. The molecule has 2 atom stereocenters. The number of rotatable bonds is 3. The van der Waals surface area contributed by atoms with Crippen molar-refractivity contribution in [1.82, 2.24) is 0 Å². The molecule has 98 valence electrons. The summed E-state index contributed by atoms with van der Waals surface area (Å²) in [7, 11) is 1.64. The molecule has 1 aliphatic rings. The SMILES string of the molecule is COc1ccccc1C(O)C1CSc2ccccc21. The highest BCUT2D eigenvalue weighted by atomic mass is 32.2. The van der Waals surface area contributed by atoms with Crippen LogP contribution in [0.15, 0.2) is 53.4 Å². The zero-order valence-corrected chi connectivity index (χ0v) is 11.6. The number of methoxy groups -OCH3 is 1. The third-order valence-electron chi connectivity index (χ3n) is 3.58. The fourth-order valence-corrected chi connectivity index (χ4v) is 3.86. The van der Waals surface area contributed by atoms with Gasteiger partial charge in [0.05, 0.1) is 13.2 Å². The van der Waals surface area contributed by atoms with Crippen molar-refractivity contribution in [3.05, 3.63) is 59.7 Å². The first-order chi connectivity index (χ1) is 9.31. The molecule has 1 heterocycles. The molecule has 0 aliphatic carbocycles. The molecular weight excluding hydrogens is 256 g/mol. The zero-order valence-electron chi connectivity index (χ0n) is 10.7. The molecule has 0 fully saturated rings. The predicted molar refractivity (Wildman–Crippen MR) is 77.9 cm³/mol. The smallest absolute Gasteiger partial charge is 0.124 e. The van der Waals surface area contributed by atoms with Crippen LogP contribution in [0.5, 0.6) is 5.75 Å². The summed E-state index contributed by atoms with van der Waals surface area (Å²) in [5, 5.41) is 10.7. The molecule has 1 aliphatic heterocycles. The molecule has 2 aromatic carbocycles. The summed E-state index contributed by atoms with van der Waals surface area (Å²) >= 11 is 1.81. The lowest BCUT2D eigenvalue weighted by Gasteiger charge is -2.21. The summed E-state index contributed by atoms with van der Waals surface area (Å²) in [6.07, 6.45) is -0.521. The standard InChI is InChI=1S/C16H16O2S/c1-18-14-8-4-2-7-12(14)16(17)13-10-19-15-9-5-3-6-11(13)15/h2-9,13,16-17H,10H2,1H3. The Hall–Kier alpha value is -1.45. The van der Waals surface area contributed by atoms with Crippen LogP contribution in [-0.2, 0) is 0 Å². The van der Waals surface area contributed by atoms with Crippen LogP contribution >= 0.6 is 11.8 Å². The van der Waals surface area contributed by atoms with Crippen molar-refractivity contribution in [2.75, 3.05) is 12.9 Å². The molecule has 2 aromatic rings. The predicted octanol–water partition coefficient (Wildman–Crippen LogP) is 3.62. The molecule has 19 heavy (non-hydrogen) atoms. The summed E-state index contributed by atoms with van der Waals surface area (Å²) in [5.41, 5.74) is 2.11. The lowest BCUT2D eigenvalue weighted by Crippen LogP contribution is -2.11. The number of ether oxygens (including phenoxy) is 1. The monoisotopic (exact) mass is 272 g/mol. The van der Waals surface area contributed by atoms with Gasteiger partial charge in [-0.3, -0.25) is 0 Å². The van der Waals surface area contributed by atoms with Crippen molar-refractivity contribution >= 4 is 11.8 Å². The van der Waals surface area contributed by atoms with Gasteiger partial charge in [-0.1, -0.05) is 36.4 Å². The van der Waals surface area contributed by atoms with Gasteiger partial charge in [-0.25, -0.2) is 0 Å². The van der Waals surface area contributed by atoms with Crippen LogP contribution in [0.3, 0.4) is 0 Å². The maximum absolute atomic E-state index is 10.7. The molecule has 0 aromatic heterocycles. The normalized spacial score (nSPS) is 18.9. The molecule has 0 radical (unpaired) electrons. The van der Waals surface area contributed by atoms with E-state index in [9.17, 15) is 5.11 Å². The highest BCUT2D eigenvalue weighted by Gasteiger charge is 2.31. The first-order valence-electron chi connectivity index (χ1n) is 6.34. The minimum Gasteiger partial charge on any atom is -0.496 e.